The highest BCUT2D eigenvalue weighted by molar-refractivity contribution is 6.30. The van der Waals surface area contributed by atoms with Gasteiger partial charge in [-0.05, 0) is 54.3 Å². The number of nitrogens with two attached hydrogens (primary N) is 2. The number of anilines is 2. The first-order valence-corrected chi connectivity index (χ1v) is 9.66. The lowest BCUT2D eigenvalue weighted by Crippen LogP contribution is -2.67. The Kier molecular flexibility index (Phi) is 4.84. The number of halogens is 2. The Morgan fingerprint density at radius 1 is 1.03 bits per heavy atom. The van der Waals surface area contributed by atoms with Crippen LogP contribution < -0.4 is 27.4 Å². The summed E-state index contributed by atoms with van der Waals surface area (Å²) in [4.78, 5) is 23.9. The van der Waals surface area contributed by atoms with Crippen LogP contribution in [0.4, 0.5) is 15.8 Å². The van der Waals surface area contributed by atoms with E-state index in [2.05, 4.69) is 16.0 Å². The maximum atomic E-state index is 13.7. The number of nitrogens with one attached hydrogen (secondary N) is 3. The van der Waals surface area contributed by atoms with Gasteiger partial charge in [-0.1, -0.05) is 17.7 Å². The van der Waals surface area contributed by atoms with Gasteiger partial charge >= 0.3 is 0 Å². The first kappa shape index (κ1) is 19.5. The van der Waals surface area contributed by atoms with Crippen molar-refractivity contribution < 1.29 is 14.0 Å². The summed E-state index contributed by atoms with van der Waals surface area (Å²) < 4.78 is 13.7. The zero-order chi connectivity index (χ0) is 20.8. The molecule has 0 aliphatic carbocycles. The molecule has 1 saturated heterocycles. The van der Waals surface area contributed by atoms with Crippen LogP contribution in [-0.4, -0.2) is 30.1 Å². The number of primary amides is 2. The molecule has 4 rings (SSSR count). The third-order valence-electron chi connectivity index (χ3n) is 5.61. The summed E-state index contributed by atoms with van der Waals surface area (Å²) in [5, 5.41) is 9.92. The van der Waals surface area contributed by atoms with Crippen molar-refractivity contribution >= 4 is 34.8 Å². The molecule has 2 aromatic rings. The SMILES string of the molecule is NC(=O)C1CCC(C2(C(N)=O)Nc3ccc(-c4cc(F)cc(Cl)c4)cc3N2)NC1. The minimum atomic E-state index is -1.25. The lowest BCUT2D eigenvalue weighted by atomic mass is 9.87. The van der Waals surface area contributed by atoms with E-state index in [1.165, 1.54) is 12.1 Å². The minimum Gasteiger partial charge on any atom is -0.369 e. The molecule has 3 atom stereocenters. The fraction of sp³-hybridized carbons (Fsp3) is 0.300. The van der Waals surface area contributed by atoms with Crippen LogP contribution in [0.15, 0.2) is 36.4 Å². The summed E-state index contributed by atoms with van der Waals surface area (Å²) in [5.41, 5.74) is 12.6. The number of piperidine rings is 1. The number of rotatable bonds is 4. The van der Waals surface area contributed by atoms with E-state index >= 15 is 0 Å². The minimum absolute atomic E-state index is 0.274. The summed E-state index contributed by atoms with van der Waals surface area (Å²) in [6.45, 7) is 0.377. The van der Waals surface area contributed by atoms with Gasteiger partial charge in [0.1, 0.15) is 5.82 Å². The molecule has 7 nitrogen and oxygen atoms in total. The van der Waals surface area contributed by atoms with Gasteiger partial charge in [0, 0.05) is 11.6 Å². The van der Waals surface area contributed by atoms with E-state index in [4.69, 9.17) is 23.1 Å². The predicted molar refractivity (Wildman–Crippen MR) is 110 cm³/mol. The molecule has 0 saturated carbocycles. The number of fused-ring (bicyclic) bond motifs is 1. The molecule has 2 heterocycles. The first-order chi connectivity index (χ1) is 13.8. The van der Waals surface area contributed by atoms with Gasteiger partial charge in [-0.25, -0.2) is 4.39 Å². The van der Waals surface area contributed by atoms with Crippen molar-refractivity contribution in [2.75, 3.05) is 17.2 Å². The maximum Gasteiger partial charge on any atom is 0.265 e. The topological polar surface area (TPSA) is 122 Å². The van der Waals surface area contributed by atoms with Gasteiger partial charge in [0.2, 0.25) is 11.6 Å². The molecule has 0 bridgehead atoms. The molecule has 0 aromatic heterocycles. The lowest BCUT2D eigenvalue weighted by Gasteiger charge is -2.40. The van der Waals surface area contributed by atoms with Crippen LogP contribution in [-0.2, 0) is 9.59 Å². The van der Waals surface area contributed by atoms with Gasteiger partial charge in [-0.2, -0.15) is 0 Å². The second kappa shape index (κ2) is 7.20. The predicted octanol–water partition coefficient (Wildman–Crippen LogP) is 2.02. The van der Waals surface area contributed by atoms with Crippen molar-refractivity contribution in [1.29, 1.82) is 0 Å². The molecule has 2 amide bonds. The Morgan fingerprint density at radius 3 is 2.41 bits per heavy atom. The van der Waals surface area contributed by atoms with Crippen LogP contribution in [0.1, 0.15) is 12.8 Å². The zero-order valence-corrected chi connectivity index (χ0v) is 16.2. The largest absolute Gasteiger partial charge is 0.369 e. The van der Waals surface area contributed by atoms with Gasteiger partial charge < -0.3 is 27.4 Å². The van der Waals surface area contributed by atoms with Crippen LogP contribution in [0, 0.1) is 11.7 Å². The number of hydrogen-bond donors (Lipinski definition) is 5. The van der Waals surface area contributed by atoms with Gasteiger partial charge in [0.25, 0.3) is 5.91 Å². The normalized spacial score (nSPS) is 25.6. The number of hydrogen-bond acceptors (Lipinski definition) is 5. The van der Waals surface area contributed by atoms with E-state index in [-0.39, 0.29) is 17.9 Å². The van der Waals surface area contributed by atoms with Crippen molar-refractivity contribution in [1.82, 2.24) is 5.32 Å². The molecule has 0 radical (unpaired) electrons. The molecule has 2 aliphatic rings. The van der Waals surface area contributed by atoms with Gasteiger partial charge in [-0.3, -0.25) is 9.59 Å². The molecule has 9 heteroatoms. The third kappa shape index (κ3) is 3.49. The van der Waals surface area contributed by atoms with E-state index in [1.54, 1.807) is 12.1 Å². The summed E-state index contributed by atoms with van der Waals surface area (Å²) in [6, 6.07) is 9.39. The van der Waals surface area contributed by atoms with E-state index in [1.807, 2.05) is 12.1 Å². The second-order valence-corrected chi connectivity index (χ2v) is 7.91. The van der Waals surface area contributed by atoms with Crippen LogP contribution >= 0.6 is 11.6 Å². The van der Waals surface area contributed by atoms with Crippen LogP contribution in [0.3, 0.4) is 0 Å². The number of amides is 2. The Balaban J connectivity index is 1.62. The summed E-state index contributed by atoms with van der Waals surface area (Å²) >= 11 is 5.97. The fourth-order valence-electron chi connectivity index (χ4n) is 4.05. The third-order valence-corrected chi connectivity index (χ3v) is 5.83. The van der Waals surface area contributed by atoms with E-state index in [0.717, 1.165) is 5.56 Å². The van der Waals surface area contributed by atoms with Crippen molar-refractivity contribution in [3.8, 4) is 11.1 Å². The van der Waals surface area contributed by atoms with E-state index in [9.17, 15) is 14.0 Å². The number of carbonyl (C=O) groups excluding carboxylic acids is 2. The van der Waals surface area contributed by atoms with Gasteiger partial charge in [0.05, 0.1) is 23.3 Å². The van der Waals surface area contributed by atoms with Gasteiger partial charge in [-0.15, -0.1) is 0 Å². The highest BCUT2D eigenvalue weighted by Crippen LogP contribution is 2.40. The summed E-state index contributed by atoms with van der Waals surface area (Å²) in [5.74, 6) is -1.64. The van der Waals surface area contributed by atoms with E-state index in [0.29, 0.717) is 41.3 Å². The first-order valence-electron chi connectivity index (χ1n) is 9.28. The van der Waals surface area contributed by atoms with Crippen molar-refractivity contribution in [2.24, 2.45) is 17.4 Å². The molecule has 3 unspecified atom stereocenters. The highest BCUT2D eigenvalue weighted by atomic mass is 35.5. The Bertz CT molecular complexity index is 973. The average molecular weight is 418 g/mol. The number of carbonyl (C=O) groups is 2. The maximum absolute atomic E-state index is 13.7. The van der Waals surface area contributed by atoms with Gasteiger partial charge in [0.15, 0.2) is 0 Å². The Hall–Kier alpha value is -2.84. The molecule has 1 fully saturated rings. The molecule has 2 aromatic carbocycles. The van der Waals surface area contributed by atoms with Crippen LogP contribution in [0.2, 0.25) is 5.02 Å². The lowest BCUT2D eigenvalue weighted by molar-refractivity contribution is -0.123. The molecule has 7 N–H and O–H groups in total. The molecule has 0 spiro atoms. The molecule has 29 heavy (non-hydrogen) atoms. The number of benzene rings is 2. The summed E-state index contributed by atoms with van der Waals surface area (Å²) in [7, 11) is 0. The average Bonchev–Trinajstić information content (AvgIpc) is 3.07. The van der Waals surface area contributed by atoms with Crippen LogP contribution in [0.25, 0.3) is 11.1 Å². The van der Waals surface area contributed by atoms with Crippen molar-refractivity contribution in [3.63, 3.8) is 0 Å². The quantitative estimate of drug-likeness (QED) is 0.521. The molecule has 2 aliphatic heterocycles. The molecular weight excluding hydrogens is 397 g/mol. The monoisotopic (exact) mass is 417 g/mol. The smallest absolute Gasteiger partial charge is 0.265 e. The molecular formula is C20H21ClFN5O2. The Labute approximate surface area is 172 Å². The fourth-order valence-corrected chi connectivity index (χ4v) is 4.27. The highest BCUT2D eigenvalue weighted by Gasteiger charge is 2.50. The summed E-state index contributed by atoms with van der Waals surface area (Å²) in [6.07, 6.45) is 1.10. The Morgan fingerprint density at radius 2 is 1.79 bits per heavy atom. The van der Waals surface area contributed by atoms with E-state index < -0.39 is 17.4 Å². The van der Waals surface area contributed by atoms with Crippen LogP contribution in [0.5, 0.6) is 0 Å². The van der Waals surface area contributed by atoms with Crippen molar-refractivity contribution in [2.45, 2.75) is 24.5 Å². The zero-order valence-electron chi connectivity index (χ0n) is 15.5. The second-order valence-electron chi connectivity index (χ2n) is 7.48. The van der Waals surface area contributed by atoms with Crippen molar-refractivity contribution in [3.05, 3.63) is 47.2 Å². The standard InChI is InChI=1S/C20H21ClFN5O2/c21-13-5-12(6-14(22)8-13)10-1-3-15-16(7-10)27-20(26-15,19(24)29)17-4-2-11(9-25-17)18(23)28/h1,3,5-8,11,17,25-27H,2,4,9H2,(H2,23,28)(H2,24,29). The molecule has 152 valence electrons.